The molecule has 30 heavy (non-hydrogen) atoms. The van der Waals surface area contributed by atoms with Crippen LogP contribution in [-0.2, 0) is 10.3 Å². The van der Waals surface area contributed by atoms with Gasteiger partial charge >= 0.3 is 0 Å². The summed E-state index contributed by atoms with van der Waals surface area (Å²) in [5.74, 6) is 2.56. The van der Waals surface area contributed by atoms with Gasteiger partial charge in [0.05, 0.1) is 12.1 Å². The van der Waals surface area contributed by atoms with Gasteiger partial charge in [0.2, 0.25) is 5.91 Å². The zero-order valence-electron chi connectivity index (χ0n) is 18.6. The minimum Gasteiger partial charge on any atom is -0.486 e. The van der Waals surface area contributed by atoms with Crippen molar-refractivity contribution in [3.8, 4) is 11.5 Å². The van der Waals surface area contributed by atoms with Crippen molar-refractivity contribution in [2.24, 2.45) is 5.92 Å². The molecule has 1 saturated carbocycles. The first-order chi connectivity index (χ1) is 14.5. The Labute approximate surface area is 180 Å². The number of rotatable bonds is 7. The van der Waals surface area contributed by atoms with Crippen molar-refractivity contribution in [3.05, 3.63) is 23.8 Å². The summed E-state index contributed by atoms with van der Waals surface area (Å²) in [7, 11) is 4.28. The highest BCUT2D eigenvalue weighted by atomic mass is 16.6. The van der Waals surface area contributed by atoms with Gasteiger partial charge < -0.3 is 19.7 Å². The first-order valence-electron chi connectivity index (χ1n) is 11.6. The van der Waals surface area contributed by atoms with Gasteiger partial charge in [-0.25, -0.2) is 0 Å². The monoisotopic (exact) mass is 415 g/mol. The van der Waals surface area contributed by atoms with E-state index in [1.807, 2.05) is 6.07 Å². The van der Waals surface area contributed by atoms with Crippen molar-refractivity contribution in [1.82, 2.24) is 15.1 Å². The molecule has 0 radical (unpaired) electrons. The van der Waals surface area contributed by atoms with Crippen LogP contribution in [0.4, 0.5) is 0 Å². The average Bonchev–Trinajstić information content (AvgIpc) is 3.22. The maximum Gasteiger partial charge on any atom is 0.234 e. The Kier molecular flexibility index (Phi) is 6.84. The van der Waals surface area contributed by atoms with E-state index in [9.17, 15) is 4.79 Å². The molecule has 0 spiro atoms. The van der Waals surface area contributed by atoms with Crippen LogP contribution < -0.4 is 14.8 Å². The molecule has 2 heterocycles. The molecule has 1 aliphatic carbocycles. The van der Waals surface area contributed by atoms with Gasteiger partial charge in [0.1, 0.15) is 13.2 Å². The van der Waals surface area contributed by atoms with Gasteiger partial charge in [0.15, 0.2) is 11.5 Å². The summed E-state index contributed by atoms with van der Waals surface area (Å²) in [4.78, 5) is 17.6. The third-order valence-corrected chi connectivity index (χ3v) is 6.99. The van der Waals surface area contributed by atoms with Crippen molar-refractivity contribution in [3.63, 3.8) is 0 Å². The SMILES string of the molecule is CN(C)CCC1CCN(CC(=O)NC2(c3ccc4c(c3)OCCO4)CCCC2)CC1. The van der Waals surface area contributed by atoms with Crippen molar-refractivity contribution < 1.29 is 14.3 Å². The largest absolute Gasteiger partial charge is 0.486 e. The first kappa shape index (κ1) is 21.4. The van der Waals surface area contributed by atoms with Crippen LogP contribution in [0.25, 0.3) is 0 Å². The molecule has 6 heteroatoms. The zero-order valence-corrected chi connectivity index (χ0v) is 18.6. The molecule has 2 aliphatic heterocycles. The summed E-state index contributed by atoms with van der Waals surface area (Å²) in [6.07, 6.45) is 7.94. The topological polar surface area (TPSA) is 54.0 Å². The summed E-state index contributed by atoms with van der Waals surface area (Å²) < 4.78 is 11.5. The second-order valence-electron chi connectivity index (χ2n) is 9.51. The number of ether oxygens (including phenoxy) is 2. The molecule has 1 N–H and O–H groups in total. The number of amides is 1. The Balaban J connectivity index is 1.34. The summed E-state index contributed by atoms with van der Waals surface area (Å²) in [5.41, 5.74) is 0.886. The van der Waals surface area contributed by atoms with E-state index in [2.05, 4.69) is 41.3 Å². The Bertz CT molecular complexity index is 722. The molecule has 0 bridgehead atoms. The second-order valence-corrected chi connectivity index (χ2v) is 9.51. The van der Waals surface area contributed by atoms with Gasteiger partial charge in [-0.05, 0) is 89.4 Å². The molecule has 1 amide bonds. The van der Waals surface area contributed by atoms with E-state index < -0.39 is 0 Å². The van der Waals surface area contributed by atoms with Crippen LogP contribution in [0.3, 0.4) is 0 Å². The molecule has 1 aromatic rings. The highest BCUT2D eigenvalue weighted by Gasteiger charge is 2.38. The molecule has 6 nitrogen and oxygen atoms in total. The number of benzene rings is 1. The molecule has 0 atom stereocenters. The molecule has 166 valence electrons. The summed E-state index contributed by atoms with van der Waals surface area (Å²) >= 11 is 0. The lowest BCUT2D eigenvalue weighted by Gasteiger charge is -2.35. The average molecular weight is 416 g/mol. The highest BCUT2D eigenvalue weighted by molar-refractivity contribution is 5.79. The molecule has 1 saturated heterocycles. The first-order valence-corrected chi connectivity index (χ1v) is 11.6. The van der Waals surface area contributed by atoms with E-state index in [-0.39, 0.29) is 11.4 Å². The molecule has 1 aromatic carbocycles. The fourth-order valence-corrected chi connectivity index (χ4v) is 5.19. The minimum atomic E-state index is -0.267. The van der Waals surface area contributed by atoms with Crippen molar-refractivity contribution in [1.29, 1.82) is 0 Å². The minimum absolute atomic E-state index is 0.151. The number of nitrogens with zero attached hydrogens (tertiary/aromatic N) is 2. The molecule has 3 aliphatic rings. The van der Waals surface area contributed by atoms with Crippen LogP contribution in [0, 0.1) is 5.92 Å². The molecule has 2 fully saturated rings. The van der Waals surface area contributed by atoms with Crippen LogP contribution in [0.5, 0.6) is 11.5 Å². The lowest BCUT2D eigenvalue weighted by Crippen LogP contribution is -2.49. The van der Waals surface area contributed by atoms with E-state index in [0.717, 1.165) is 68.3 Å². The van der Waals surface area contributed by atoms with Crippen LogP contribution in [0.1, 0.15) is 50.5 Å². The Hall–Kier alpha value is -1.79. The van der Waals surface area contributed by atoms with Gasteiger partial charge in [-0.1, -0.05) is 18.9 Å². The number of hydrogen-bond donors (Lipinski definition) is 1. The van der Waals surface area contributed by atoms with E-state index >= 15 is 0 Å². The highest BCUT2D eigenvalue weighted by Crippen LogP contribution is 2.42. The number of nitrogens with one attached hydrogen (secondary N) is 1. The van der Waals surface area contributed by atoms with E-state index in [1.165, 1.54) is 19.3 Å². The molecular weight excluding hydrogens is 378 g/mol. The quantitative estimate of drug-likeness (QED) is 0.742. The van der Waals surface area contributed by atoms with Gasteiger partial charge in [-0.15, -0.1) is 0 Å². The van der Waals surface area contributed by atoms with Gasteiger partial charge in [-0.3, -0.25) is 9.69 Å². The number of likely N-dealkylation sites (tertiary alicyclic amines) is 1. The summed E-state index contributed by atoms with van der Waals surface area (Å²) in [6.45, 7) is 4.90. The van der Waals surface area contributed by atoms with Gasteiger partial charge in [0, 0.05) is 0 Å². The zero-order chi connectivity index (χ0) is 21.0. The van der Waals surface area contributed by atoms with Crippen LogP contribution in [-0.4, -0.2) is 69.2 Å². The van der Waals surface area contributed by atoms with E-state index in [1.54, 1.807) is 0 Å². The number of carbonyl (C=O) groups is 1. The van der Waals surface area contributed by atoms with Crippen molar-refractivity contribution in [2.45, 2.75) is 50.5 Å². The standard InChI is InChI=1S/C24H37N3O3/c1-26(2)12-7-19-8-13-27(14-9-19)18-23(28)25-24(10-3-4-11-24)20-5-6-21-22(17-20)30-16-15-29-21/h5-6,17,19H,3-4,7-16,18H2,1-2H3,(H,25,28). The van der Waals surface area contributed by atoms with Gasteiger partial charge in [0.25, 0.3) is 0 Å². The lowest BCUT2D eigenvalue weighted by molar-refractivity contribution is -0.124. The maximum absolute atomic E-state index is 13.0. The number of hydrogen-bond acceptors (Lipinski definition) is 5. The van der Waals surface area contributed by atoms with Gasteiger partial charge in [-0.2, -0.15) is 0 Å². The maximum atomic E-state index is 13.0. The van der Waals surface area contributed by atoms with Crippen molar-refractivity contribution >= 4 is 5.91 Å². The smallest absolute Gasteiger partial charge is 0.234 e. The third kappa shape index (κ3) is 5.09. The predicted octanol–water partition coefficient (Wildman–Crippen LogP) is 3.01. The fraction of sp³-hybridized carbons (Fsp3) is 0.708. The number of fused-ring (bicyclic) bond motifs is 1. The summed E-state index contributed by atoms with van der Waals surface area (Å²) in [5, 5.41) is 3.43. The lowest BCUT2D eigenvalue weighted by atomic mass is 9.87. The molecule has 4 rings (SSSR count). The fourth-order valence-electron chi connectivity index (χ4n) is 5.19. The predicted molar refractivity (Wildman–Crippen MR) is 118 cm³/mol. The molecule has 0 unspecified atom stereocenters. The molecule has 0 aromatic heterocycles. The number of piperidine rings is 1. The van der Waals surface area contributed by atoms with Crippen molar-refractivity contribution in [2.75, 3.05) is 53.5 Å². The Morgan fingerprint density at radius 1 is 1.13 bits per heavy atom. The Morgan fingerprint density at radius 3 is 2.53 bits per heavy atom. The Morgan fingerprint density at radius 2 is 1.83 bits per heavy atom. The molecular formula is C24H37N3O3. The van der Waals surface area contributed by atoms with Crippen LogP contribution in [0.2, 0.25) is 0 Å². The van der Waals surface area contributed by atoms with E-state index in [0.29, 0.717) is 19.8 Å². The normalized spacial score (nSPS) is 21.7. The second kappa shape index (κ2) is 9.56. The van der Waals surface area contributed by atoms with Crippen LogP contribution in [0.15, 0.2) is 18.2 Å². The summed E-state index contributed by atoms with van der Waals surface area (Å²) in [6, 6.07) is 6.18. The van der Waals surface area contributed by atoms with E-state index in [4.69, 9.17) is 9.47 Å². The third-order valence-electron chi connectivity index (χ3n) is 6.99. The van der Waals surface area contributed by atoms with Crippen LogP contribution >= 0.6 is 0 Å². The number of carbonyl (C=O) groups excluding carboxylic acids is 1.